The lowest BCUT2D eigenvalue weighted by Crippen LogP contribution is -2.41. The van der Waals surface area contributed by atoms with Crippen molar-refractivity contribution in [3.05, 3.63) is 94.3 Å². The quantitative estimate of drug-likeness (QED) is 0.283. The van der Waals surface area contributed by atoms with Crippen LogP contribution in [0.4, 0.5) is 10.5 Å². The van der Waals surface area contributed by atoms with Crippen LogP contribution in [0.2, 0.25) is 5.02 Å². The summed E-state index contributed by atoms with van der Waals surface area (Å²) < 4.78 is 15.8. The fraction of sp³-hybridized carbons (Fsp3) is 0.233. The molecule has 2 heterocycles. The first-order valence-corrected chi connectivity index (χ1v) is 12.8. The van der Waals surface area contributed by atoms with Gasteiger partial charge >= 0.3 is 12.1 Å². The molecule has 1 fully saturated rings. The van der Waals surface area contributed by atoms with E-state index in [2.05, 4.69) is 22.3 Å². The number of rotatable bonds is 5. The Balaban J connectivity index is 1.30. The molecule has 1 aliphatic heterocycles. The van der Waals surface area contributed by atoms with Crippen molar-refractivity contribution in [2.24, 2.45) is 0 Å². The molecule has 1 saturated heterocycles. The number of ether oxygens (including phenoxy) is 2. The summed E-state index contributed by atoms with van der Waals surface area (Å²) in [6.07, 6.45) is 0.902. The number of halogens is 1. The lowest BCUT2D eigenvalue weighted by atomic mass is 9.74. The van der Waals surface area contributed by atoms with Gasteiger partial charge in [-0.25, -0.2) is 4.79 Å². The maximum atomic E-state index is 12.4. The average molecular weight is 545 g/mol. The van der Waals surface area contributed by atoms with Gasteiger partial charge in [-0.1, -0.05) is 65.1 Å². The average Bonchev–Trinajstić information content (AvgIpc) is 3.38. The van der Waals surface area contributed by atoms with Crippen molar-refractivity contribution in [1.82, 2.24) is 5.16 Å². The third kappa shape index (κ3) is 5.60. The van der Waals surface area contributed by atoms with Crippen LogP contribution in [0.5, 0.6) is 0 Å². The number of carboxylic acid groups (broad SMARTS) is 1. The Morgan fingerprint density at radius 2 is 1.82 bits per heavy atom. The van der Waals surface area contributed by atoms with Gasteiger partial charge in [0, 0.05) is 29.4 Å². The Labute approximate surface area is 229 Å². The van der Waals surface area contributed by atoms with E-state index in [9.17, 15) is 14.7 Å². The van der Waals surface area contributed by atoms with Gasteiger partial charge in [-0.3, -0.25) is 10.1 Å². The molecule has 1 amide bonds. The number of amides is 1. The van der Waals surface area contributed by atoms with Gasteiger partial charge in [0.15, 0.2) is 5.69 Å². The van der Waals surface area contributed by atoms with Crippen LogP contribution in [0.1, 0.15) is 48.3 Å². The Morgan fingerprint density at radius 1 is 1.08 bits per heavy atom. The molecule has 0 spiro atoms. The second-order valence-corrected chi connectivity index (χ2v) is 9.70. The first-order valence-electron chi connectivity index (χ1n) is 12.4. The van der Waals surface area contributed by atoms with E-state index < -0.39 is 23.6 Å². The highest BCUT2D eigenvalue weighted by Crippen LogP contribution is 2.36. The molecular weight excluding hydrogens is 520 g/mol. The summed E-state index contributed by atoms with van der Waals surface area (Å²) in [5, 5.41) is 18.8. The van der Waals surface area contributed by atoms with Crippen molar-refractivity contribution in [3.63, 3.8) is 0 Å². The molecule has 198 valence electrons. The fourth-order valence-electron chi connectivity index (χ4n) is 4.68. The van der Waals surface area contributed by atoms with Crippen molar-refractivity contribution in [2.75, 3.05) is 18.5 Å². The van der Waals surface area contributed by atoms with E-state index >= 15 is 0 Å². The molecule has 1 atom stereocenters. The standard InChI is InChI=1S/C30H25ClN2O6/c1-19(24-4-2-3-5-25(24)31)39-29(36)32-27-18-38-33-26(27)11-7-20-6-8-22-17-23(10-9-21(22)16-20)30(28(34)35)12-14-37-15-13-30/h2-6,8-10,16-19H,12-15H2,1H3,(H,32,36)(H,34,35). The summed E-state index contributed by atoms with van der Waals surface area (Å²) in [6.45, 7) is 2.58. The molecule has 3 aromatic carbocycles. The predicted octanol–water partition coefficient (Wildman–Crippen LogP) is 6.32. The molecule has 0 aliphatic carbocycles. The largest absolute Gasteiger partial charge is 0.481 e. The summed E-state index contributed by atoms with van der Waals surface area (Å²) in [5.41, 5.74) is 1.77. The Bertz CT molecular complexity index is 1600. The highest BCUT2D eigenvalue weighted by molar-refractivity contribution is 6.31. The van der Waals surface area contributed by atoms with Gasteiger partial charge in [-0.2, -0.15) is 0 Å². The predicted molar refractivity (Wildman–Crippen MR) is 146 cm³/mol. The van der Waals surface area contributed by atoms with E-state index in [0.29, 0.717) is 36.6 Å². The lowest BCUT2D eigenvalue weighted by molar-refractivity contribution is -0.147. The Morgan fingerprint density at radius 3 is 2.59 bits per heavy atom. The van der Waals surface area contributed by atoms with Crippen LogP contribution in [0, 0.1) is 11.8 Å². The number of aliphatic carboxylic acids is 1. The number of benzene rings is 3. The molecule has 1 aliphatic rings. The minimum atomic E-state index is -0.937. The van der Waals surface area contributed by atoms with E-state index in [1.54, 1.807) is 25.1 Å². The van der Waals surface area contributed by atoms with Crippen LogP contribution >= 0.6 is 11.6 Å². The SMILES string of the molecule is CC(OC(=O)Nc1conc1C#Cc1ccc2cc(C3(C(=O)O)CCOCC3)ccc2c1)c1ccccc1Cl. The van der Waals surface area contributed by atoms with Gasteiger partial charge in [0.05, 0.1) is 5.41 Å². The fourth-order valence-corrected chi connectivity index (χ4v) is 4.97. The van der Waals surface area contributed by atoms with Crippen LogP contribution in [0.15, 0.2) is 71.4 Å². The van der Waals surface area contributed by atoms with Crippen molar-refractivity contribution in [3.8, 4) is 11.8 Å². The summed E-state index contributed by atoms with van der Waals surface area (Å²) in [4.78, 5) is 24.6. The minimum absolute atomic E-state index is 0.246. The van der Waals surface area contributed by atoms with Gasteiger partial charge in [-0.05, 0) is 60.2 Å². The van der Waals surface area contributed by atoms with Gasteiger partial charge < -0.3 is 19.1 Å². The second-order valence-electron chi connectivity index (χ2n) is 9.30. The number of nitrogens with one attached hydrogen (secondary N) is 1. The molecule has 1 aromatic heterocycles. The molecule has 2 N–H and O–H groups in total. The van der Waals surface area contributed by atoms with E-state index in [-0.39, 0.29) is 11.4 Å². The van der Waals surface area contributed by atoms with Gasteiger partial charge in [-0.15, -0.1) is 0 Å². The van der Waals surface area contributed by atoms with Crippen LogP contribution in [-0.4, -0.2) is 35.5 Å². The van der Waals surface area contributed by atoms with Gasteiger partial charge in [0.1, 0.15) is 18.1 Å². The molecule has 0 bridgehead atoms. The summed E-state index contributed by atoms with van der Waals surface area (Å²) in [5.74, 6) is 5.13. The third-order valence-corrected chi connectivity index (χ3v) is 7.25. The summed E-state index contributed by atoms with van der Waals surface area (Å²) in [7, 11) is 0. The monoisotopic (exact) mass is 544 g/mol. The normalized spacial score (nSPS) is 15.1. The molecule has 0 saturated carbocycles. The Kier molecular flexibility index (Phi) is 7.55. The van der Waals surface area contributed by atoms with Crippen molar-refractivity contribution in [2.45, 2.75) is 31.3 Å². The number of carboxylic acids is 1. The molecule has 8 nitrogen and oxygen atoms in total. The summed E-state index contributed by atoms with van der Waals surface area (Å²) in [6, 6.07) is 18.5. The topological polar surface area (TPSA) is 111 Å². The van der Waals surface area contributed by atoms with Crippen LogP contribution in [-0.2, 0) is 19.7 Å². The number of hydrogen-bond acceptors (Lipinski definition) is 6. The van der Waals surface area contributed by atoms with Crippen LogP contribution < -0.4 is 5.32 Å². The molecular formula is C30H25ClN2O6. The van der Waals surface area contributed by atoms with Gasteiger partial charge in [0.25, 0.3) is 0 Å². The van der Waals surface area contributed by atoms with Crippen LogP contribution in [0.3, 0.4) is 0 Å². The zero-order valence-corrected chi connectivity index (χ0v) is 21.8. The number of aromatic nitrogens is 1. The first-order chi connectivity index (χ1) is 18.9. The second kappa shape index (κ2) is 11.2. The zero-order chi connectivity index (χ0) is 27.4. The zero-order valence-electron chi connectivity index (χ0n) is 21.1. The molecule has 39 heavy (non-hydrogen) atoms. The number of anilines is 1. The van der Waals surface area contributed by atoms with E-state index in [1.807, 2.05) is 42.5 Å². The summed E-state index contributed by atoms with van der Waals surface area (Å²) >= 11 is 6.19. The van der Waals surface area contributed by atoms with Crippen molar-refractivity contribution < 1.29 is 28.7 Å². The first kappa shape index (κ1) is 26.3. The van der Waals surface area contributed by atoms with Crippen molar-refractivity contribution >= 4 is 40.1 Å². The maximum absolute atomic E-state index is 12.4. The number of nitrogens with zero attached hydrogens (tertiary/aromatic N) is 1. The number of hydrogen-bond donors (Lipinski definition) is 2. The van der Waals surface area contributed by atoms with E-state index in [0.717, 1.165) is 21.9 Å². The number of fused-ring (bicyclic) bond motifs is 1. The highest BCUT2D eigenvalue weighted by atomic mass is 35.5. The molecule has 5 rings (SSSR count). The third-order valence-electron chi connectivity index (χ3n) is 6.91. The smallest absolute Gasteiger partial charge is 0.412 e. The van der Waals surface area contributed by atoms with E-state index in [1.165, 1.54) is 6.26 Å². The van der Waals surface area contributed by atoms with Crippen LogP contribution in [0.25, 0.3) is 10.8 Å². The maximum Gasteiger partial charge on any atom is 0.412 e. The number of carbonyl (C=O) groups is 2. The number of carbonyl (C=O) groups excluding carboxylic acids is 1. The molecule has 1 unspecified atom stereocenters. The highest BCUT2D eigenvalue weighted by Gasteiger charge is 2.41. The molecule has 9 heteroatoms. The van der Waals surface area contributed by atoms with Crippen molar-refractivity contribution in [1.29, 1.82) is 0 Å². The molecule has 0 radical (unpaired) electrons. The van der Waals surface area contributed by atoms with E-state index in [4.69, 9.17) is 25.6 Å². The lowest BCUT2D eigenvalue weighted by Gasteiger charge is -2.33. The Hall–Kier alpha value is -4.32. The van der Waals surface area contributed by atoms with Gasteiger partial charge in [0.2, 0.25) is 0 Å². The molecule has 4 aromatic rings. The minimum Gasteiger partial charge on any atom is -0.481 e.